The molecule has 1 atom stereocenters. The number of carbonyl (C=O) groups is 2. The standard InChI is InChI=1S/C17H23NO4/c1-11-3-4-12(2)14(9-11)16(19)18-10-15(17(20)21)13-5-7-22-8-6-13/h3-4,9,13,15H,5-8,10H2,1-2H3,(H,18,19)(H,20,21). The molecule has 5 heteroatoms. The van der Waals surface area contributed by atoms with Gasteiger partial charge in [0.1, 0.15) is 0 Å². The van der Waals surface area contributed by atoms with E-state index in [4.69, 9.17) is 4.74 Å². The van der Waals surface area contributed by atoms with E-state index < -0.39 is 11.9 Å². The summed E-state index contributed by atoms with van der Waals surface area (Å²) in [4.78, 5) is 23.8. The van der Waals surface area contributed by atoms with Crippen LogP contribution in [0.15, 0.2) is 18.2 Å². The van der Waals surface area contributed by atoms with Crippen molar-refractivity contribution in [2.75, 3.05) is 19.8 Å². The molecule has 2 N–H and O–H groups in total. The van der Waals surface area contributed by atoms with Crippen LogP contribution in [0, 0.1) is 25.7 Å². The van der Waals surface area contributed by atoms with E-state index in [9.17, 15) is 14.7 Å². The molecule has 0 aliphatic carbocycles. The molecule has 0 aromatic heterocycles. The van der Waals surface area contributed by atoms with E-state index >= 15 is 0 Å². The third-order valence-corrected chi connectivity index (χ3v) is 4.27. The molecule has 0 saturated carbocycles. The molecule has 0 spiro atoms. The highest BCUT2D eigenvalue weighted by Crippen LogP contribution is 2.24. The van der Waals surface area contributed by atoms with Crippen molar-refractivity contribution in [3.8, 4) is 0 Å². The Morgan fingerprint density at radius 2 is 2.00 bits per heavy atom. The van der Waals surface area contributed by atoms with E-state index in [0.29, 0.717) is 18.8 Å². The van der Waals surface area contributed by atoms with Gasteiger partial charge in [-0.2, -0.15) is 0 Å². The van der Waals surface area contributed by atoms with Crippen molar-refractivity contribution >= 4 is 11.9 Å². The van der Waals surface area contributed by atoms with Crippen LogP contribution in [-0.4, -0.2) is 36.7 Å². The molecule has 2 rings (SSSR count). The van der Waals surface area contributed by atoms with Crippen LogP contribution in [0.1, 0.15) is 34.3 Å². The number of carboxylic acid groups (broad SMARTS) is 1. The lowest BCUT2D eigenvalue weighted by molar-refractivity contribution is -0.144. The predicted molar refractivity (Wildman–Crippen MR) is 82.9 cm³/mol. The zero-order chi connectivity index (χ0) is 16.1. The number of amides is 1. The molecule has 1 amide bonds. The number of aliphatic carboxylic acids is 1. The first kappa shape index (κ1) is 16.5. The molecule has 1 saturated heterocycles. The average molecular weight is 305 g/mol. The van der Waals surface area contributed by atoms with E-state index in [0.717, 1.165) is 24.0 Å². The Hall–Kier alpha value is -1.88. The van der Waals surface area contributed by atoms with Gasteiger partial charge in [-0.25, -0.2) is 0 Å². The Morgan fingerprint density at radius 1 is 1.32 bits per heavy atom. The fraction of sp³-hybridized carbons (Fsp3) is 0.529. The average Bonchev–Trinajstić information content (AvgIpc) is 2.50. The zero-order valence-corrected chi connectivity index (χ0v) is 13.1. The first-order valence-corrected chi connectivity index (χ1v) is 7.65. The van der Waals surface area contributed by atoms with Crippen LogP contribution in [0.3, 0.4) is 0 Å². The lowest BCUT2D eigenvalue weighted by Crippen LogP contribution is -2.39. The van der Waals surface area contributed by atoms with Crippen LogP contribution < -0.4 is 5.32 Å². The highest BCUT2D eigenvalue weighted by molar-refractivity contribution is 5.96. The molecule has 1 aliphatic heterocycles. The van der Waals surface area contributed by atoms with Crippen molar-refractivity contribution in [1.29, 1.82) is 0 Å². The highest BCUT2D eigenvalue weighted by atomic mass is 16.5. The van der Waals surface area contributed by atoms with Crippen LogP contribution in [-0.2, 0) is 9.53 Å². The van der Waals surface area contributed by atoms with Crippen molar-refractivity contribution in [2.45, 2.75) is 26.7 Å². The molecule has 1 aliphatic rings. The number of rotatable bonds is 5. The minimum Gasteiger partial charge on any atom is -0.481 e. The summed E-state index contributed by atoms with van der Waals surface area (Å²) in [5, 5.41) is 12.2. The van der Waals surface area contributed by atoms with Gasteiger partial charge in [-0.15, -0.1) is 0 Å². The van der Waals surface area contributed by atoms with E-state index in [1.165, 1.54) is 0 Å². The van der Waals surface area contributed by atoms with Gasteiger partial charge in [-0.1, -0.05) is 17.7 Å². The van der Waals surface area contributed by atoms with Crippen molar-refractivity contribution in [3.05, 3.63) is 34.9 Å². The largest absolute Gasteiger partial charge is 0.481 e. The monoisotopic (exact) mass is 305 g/mol. The zero-order valence-electron chi connectivity index (χ0n) is 13.1. The normalized spacial score (nSPS) is 17.0. The first-order valence-electron chi connectivity index (χ1n) is 7.65. The minimum absolute atomic E-state index is 0.0603. The number of hydrogen-bond donors (Lipinski definition) is 2. The Balaban J connectivity index is 2.01. The molecule has 1 aromatic rings. The minimum atomic E-state index is -0.854. The molecule has 120 valence electrons. The highest BCUT2D eigenvalue weighted by Gasteiger charge is 2.30. The number of benzene rings is 1. The van der Waals surface area contributed by atoms with Gasteiger partial charge in [0, 0.05) is 25.3 Å². The molecule has 22 heavy (non-hydrogen) atoms. The van der Waals surface area contributed by atoms with E-state index in [1.807, 2.05) is 32.0 Å². The van der Waals surface area contributed by atoms with Crippen LogP contribution >= 0.6 is 0 Å². The van der Waals surface area contributed by atoms with Gasteiger partial charge in [0.25, 0.3) is 5.91 Å². The molecule has 1 aromatic carbocycles. The van der Waals surface area contributed by atoms with Gasteiger partial charge < -0.3 is 15.2 Å². The van der Waals surface area contributed by atoms with Crippen molar-refractivity contribution in [1.82, 2.24) is 5.32 Å². The molecule has 0 bridgehead atoms. The van der Waals surface area contributed by atoms with Crippen LogP contribution in [0.25, 0.3) is 0 Å². The fourth-order valence-electron chi connectivity index (χ4n) is 2.85. The Bertz CT molecular complexity index is 550. The summed E-state index contributed by atoms with van der Waals surface area (Å²) in [6.07, 6.45) is 1.46. The second-order valence-electron chi connectivity index (χ2n) is 5.92. The van der Waals surface area contributed by atoms with Crippen molar-refractivity contribution < 1.29 is 19.4 Å². The first-order chi connectivity index (χ1) is 10.5. The Morgan fingerprint density at radius 3 is 2.64 bits per heavy atom. The van der Waals surface area contributed by atoms with Gasteiger partial charge >= 0.3 is 5.97 Å². The summed E-state index contributed by atoms with van der Waals surface area (Å²) >= 11 is 0. The van der Waals surface area contributed by atoms with E-state index in [2.05, 4.69) is 5.32 Å². The van der Waals surface area contributed by atoms with Crippen molar-refractivity contribution in [3.63, 3.8) is 0 Å². The summed E-state index contributed by atoms with van der Waals surface area (Å²) in [5.74, 6) is -1.56. The second-order valence-corrected chi connectivity index (χ2v) is 5.92. The quantitative estimate of drug-likeness (QED) is 0.874. The third kappa shape index (κ3) is 4.07. The maximum absolute atomic E-state index is 12.3. The van der Waals surface area contributed by atoms with Crippen LogP contribution in [0.2, 0.25) is 0 Å². The van der Waals surface area contributed by atoms with Gasteiger partial charge in [0.05, 0.1) is 5.92 Å². The lowest BCUT2D eigenvalue weighted by atomic mass is 9.86. The number of ether oxygens (including phenoxy) is 1. The number of nitrogens with one attached hydrogen (secondary N) is 1. The predicted octanol–water partition coefficient (Wildman–Crippen LogP) is 2.16. The maximum atomic E-state index is 12.3. The number of carbonyl (C=O) groups excluding carboxylic acids is 1. The van der Waals surface area contributed by atoms with E-state index in [-0.39, 0.29) is 18.4 Å². The van der Waals surface area contributed by atoms with Crippen LogP contribution in [0.5, 0.6) is 0 Å². The summed E-state index contributed by atoms with van der Waals surface area (Å²) in [7, 11) is 0. The molecule has 5 nitrogen and oxygen atoms in total. The van der Waals surface area contributed by atoms with Gasteiger partial charge in [0.15, 0.2) is 0 Å². The summed E-state index contributed by atoms with van der Waals surface area (Å²) < 4.78 is 5.27. The molecule has 0 radical (unpaired) electrons. The third-order valence-electron chi connectivity index (χ3n) is 4.27. The summed E-state index contributed by atoms with van der Waals surface area (Å²) in [6.45, 7) is 5.16. The Kier molecular flexibility index (Phi) is 5.55. The molecular formula is C17H23NO4. The molecule has 1 fully saturated rings. The smallest absolute Gasteiger partial charge is 0.308 e. The number of carboxylic acids is 1. The lowest BCUT2D eigenvalue weighted by Gasteiger charge is -2.27. The maximum Gasteiger partial charge on any atom is 0.308 e. The van der Waals surface area contributed by atoms with Gasteiger partial charge in [0.2, 0.25) is 0 Å². The summed E-state index contributed by atoms with van der Waals surface area (Å²) in [5.41, 5.74) is 2.51. The number of aryl methyl sites for hydroxylation is 2. The molecule has 1 unspecified atom stereocenters. The van der Waals surface area contributed by atoms with E-state index in [1.54, 1.807) is 0 Å². The molecule has 1 heterocycles. The van der Waals surface area contributed by atoms with Gasteiger partial charge in [-0.3, -0.25) is 9.59 Å². The van der Waals surface area contributed by atoms with Crippen LogP contribution in [0.4, 0.5) is 0 Å². The van der Waals surface area contributed by atoms with Gasteiger partial charge in [-0.05, 0) is 44.2 Å². The second kappa shape index (κ2) is 7.40. The fourth-order valence-corrected chi connectivity index (χ4v) is 2.85. The Labute approximate surface area is 130 Å². The van der Waals surface area contributed by atoms with Crippen molar-refractivity contribution in [2.24, 2.45) is 11.8 Å². The topological polar surface area (TPSA) is 75.6 Å². The molecular weight excluding hydrogens is 282 g/mol. The summed E-state index contributed by atoms with van der Waals surface area (Å²) in [6, 6.07) is 5.68. The number of hydrogen-bond acceptors (Lipinski definition) is 3. The SMILES string of the molecule is Cc1ccc(C)c(C(=O)NCC(C(=O)O)C2CCOCC2)c1.